The number of carbonyl (C=O) groups excluding carboxylic acids is 1. The number of amides is 1. The maximum absolute atomic E-state index is 13.5. The Kier molecular flexibility index (Phi) is 6.28. The number of hydrogen-bond donors (Lipinski definition) is 2. The van der Waals surface area contributed by atoms with E-state index >= 15 is 0 Å². The first kappa shape index (κ1) is 20.1. The quantitative estimate of drug-likeness (QED) is 0.601. The highest BCUT2D eigenvalue weighted by molar-refractivity contribution is 5.87. The minimum atomic E-state index is -0.984. The Morgan fingerprint density at radius 1 is 1.17 bits per heavy atom. The first-order valence-corrected chi connectivity index (χ1v) is 9.03. The average Bonchev–Trinajstić information content (AvgIpc) is 3.12. The van der Waals surface area contributed by atoms with Crippen LogP contribution in [-0.4, -0.2) is 43.7 Å². The largest absolute Gasteiger partial charge is 0.478 e. The number of aromatic carboxylic acids is 1. The molecule has 2 aromatic carbocycles. The first-order chi connectivity index (χ1) is 13.9. The first-order valence-electron chi connectivity index (χ1n) is 9.03. The molecule has 1 heterocycles. The molecule has 0 saturated carbocycles. The maximum atomic E-state index is 13.5. The third kappa shape index (κ3) is 5.22. The third-order valence-corrected chi connectivity index (χ3v) is 4.49. The minimum Gasteiger partial charge on any atom is -0.478 e. The standard InChI is InChI=1S/C20H20FN5O3/c1-13-23-24-25-26(13)18(12-15-3-2-4-17(21)11-15)19(27)22-10-9-14-5-7-16(8-6-14)20(28)29/h2-8,11,18H,9-10,12H2,1H3,(H,22,27)(H,28,29). The van der Waals surface area contributed by atoms with E-state index < -0.39 is 12.0 Å². The predicted molar refractivity (Wildman–Crippen MR) is 102 cm³/mol. The van der Waals surface area contributed by atoms with Gasteiger partial charge in [0.15, 0.2) is 0 Å². The van der Waals surface area contributed by atoms with E-state index in [0.29, 0.717) is 24.4 Å². The Morgan fingerprint density at radius 2 is 1.93 bits per heavy atom. The SMILES string of the molecule is Cc1nnnn1C(Cc1cccc(F)c1)C(=O)NCCc1ccc(C(=O)O)cc1. The lowest BCUT2D eigenvalue weighted by Gasteiger charge is -2.17. The summed E-state index contributed by atoms with van der Waals surface area (Å²) in [6.45, 7) is 2.04. The molecule has 1 aromatic heterocycles. The molecule has 0 radical (unpaired) electrons. The van der Waals surface area contributed by atoms with Gasteiger partial charge >= 0.3 is 5.97 Å². The van der Waals surface area contributed by atoms with E-state index in [4.69, 9.17) is 5.11 Å². The lowest BCUT2D eigenvalue weighted by Crippen LogP contribution is -2.36. The summed E-state index contributed by atoms with van der Waals surface area (Å²) >= 11 is 0. The number of nitrogens with zero attached hydrogens (tertiary/aromatic N) is 4. The average molecular weight is 397 g/mol. The van der Waals surface area contributed by atoms with E-state index in [-0.39, 0.29) is 23.7 Å². The van der Waals surface area contributed by atoms with Gasteiger partial charge in [-0.3, -0.25) is 4.79 Å². The topological polar surface area (TPSA) is 110 Å². The fourth-order valence-electron chi connectivity index (χ4n) is 2.97. The van der Waals surface area contributed by atoms with E-state index in [1.165, 1.54) is 28.9 Å². The van der Waals surface area contributed by atoms with E-state index in [1.54, 1.807) is 31.2 Å². The van der Waals surface area contributed by atoms with Crippen molar-refractivity contribution in [3.05, 3.63) is 76.9 Å². The molecule has 0 aliphatic carbocycles. The van der Waals surface area contributed by atoms with Crippen LogP contribution >= 0.6 is 0 Å². The molecule has 0 spiro atoms. The summed E-state index contributed by atoms with van der Waals surface area (Å²) in [7, 11) is 0. The minimum absolute atomic E-state index is 0.210. The number of rotatable bonds is 8. The molecule has 29 heavy (non-hydrogen) atoms. The van der Waals surface area contributed by atoms with Gasteiger partial charge in [0.25, 0.3) is 0 Å². The van der Waals surface area contributed by atoms with Gasteiger partial charge in [-0.15, -0.1) is 5.10 Å². The van der Waals surface area contributed by atoms with Gasteiger partial charge in [-0.25, -0.2) is 13.9 Å². The summed E-state index contributed by atoms with van der Waals surface area (Å²) in [6, 6.07) is 11.8. The van der Waals surface area contributed by atoms with Crippen LogP contribution < -0.4 is 5.32 Å². The summed E-state index contributed by atoms with van der Waals surface area (Å²) in [4.78, 5) is 23.7. The second-order valence-electron chi connectivity index (χ2n) is 6.56. The number of benzene rings is 2. The van der Waals surface area contributed by atoms with E-state index in [1.807, 2.05) is 0 Å². The van der Waals surface area contributed by atoms with Crippen LogP contribution in [-0.2, 0) is 17.6 Å². The molecule has 0 aliphatic heterocycles. The highest BCUT2D eigenvalue weighted by Gasteiger charge is 2.24. The van der Waals surface area contributed by atoms with E-state index in [9.17, 15) is 14.0 Å². The van der Waals surface area contributed by atoms with Crippen LogP contribution in [0.5, 0.6) is 0 Å². The number of halogens is 1. The number of aromatic nitrogens is 4. The van der Waals surface area contributed by atoms with Crippen molar-refractivity contribution in [3.63, 3.8) is 0 Å². The number of hydrogen-bond acceptors (Lipinski definition) is 5. The Morgan fingerprint density at radius 3 is 2.55 bits per heavy atom. The summed E-state index contributed by atoms with van der Waals surface area (Å²) in [5, 5.41) is 23.1. The Labute approximate surface area is 166 Å². The third-order valence-electron chi connectivity index (χ3n) is 4.49. The predicted octanol–water partition coefficient (Wildman–Crippen LogP) is 1.96. The lowest BCUT2D eigenvalue weighted by atomic mass is 10.0. The maximum Gasteiger partial charge on any atom is 0.335 e. The van der Waals surface area contributed by atoms with Crippen molar-refractivity contribution in [2.45, 2.75) is 25.8 Å². The molecule has 1 atom stereocenters. The van der Waals surface area contributed by atoms with Crippen molar-refractivity contribution < 1.29 is 19.1 Å². The number of nitrogens with one attached hydrogen (secondary N) is 1. The summed E-state index contributed by atoms with van der Waals surface area (Å²) in [5.74, 6) is -1.17. The van der Waals surface area contributed by atoms with Gasteiger partial charge in [-0.1, -0.05) is 24.3 Å². The van der Waals surface area contributed by atoms with Gasteiger partial charge in [0, 0.05) is 13.0 Å². The van der Waals surface area contributed by atoms with Gasteiger partial charge in [-0.2, -0.15) is 0 Å². The summed E-state index contributed by atoms with van der Waals surface area (Å²) in [6.07, 6.45) is 0.774. The van der Waals surface area contributed by atoms with Crippen molar-refractivity contribution in [2.75, 3.05) is 6.54 Å². The molecule has 2 N–H and O–H groups in total. The molecule has 1 unspecified atom stereocenters. The van der Waals surface area contributed by atoms with Crippen molar-refractivity contribution in [1.29, 1.82) is 0 Å². The van der Waals surface area contributed by atoms with Gasteiger partial charge in [-0.05, 0) is 59.2 Å². The van der Waals surface area contributed by atoms with Crippen molar-refractivity contribution in [2.24, 2.45) is 0 Å². The van der Waals surface area contributed by atoms with Gasteiger partial charge < -0.3 is 10.4 Å². The number of carbonyl (C=O) groups is 2. The smallest absolute Gasteiger partial charge is 0.335 e. The van der Waals surface area contributed by atoms with Crippen molar-refractivity contribution >= 4 is 11.9 Å². The van der Waals surface area contributed by atoms with Crippen LogP contribution in [0, 0.1) is 12.7 Å². The monoisotopic (exact) mass is 397 g/mol. The Balaban J connectivity index is 1.66. The number of carboxylic acid groups (broad SMARTS) is 1. The van der Waals surface area contributed by atoms with Crippen LogP contribution in [0.3, 0.4) is 0 Å². The normalized spacial score (nSPS) is 11.8. The second-order valence-corrected chi connectivity index (χ2v) is 6.56. The highest BCUT2D eigenvalue weighted by atomic mass is 19.1. The molecule has 3 rings (SSSR count). The van der Waals surface area contributed by atoms with Crippen LogP contribution in [0.15, 0.2) is 48.5 Å². The molecule has 3 aromatic rings. The van der Waals surface area contributed by atoms with Gasteiger partial charge in [0.1, 0.15) is 17.7 Å². The summed E-state index contributed by atoms with van der Waals surface area (Å²) < 4.78 is 14.9. The highest BCUT2D eigenvalue weighted by Crippen LogP contribution is 2.16. The zero-order chi connectivity index (χ0) is 20.8. The van der Waals surface area contributed by atoms with Crippen LogP contribution in [0.4, 0.5) is 4.39 Å². The van der Waals surface area contributed by atoms with E-state index in [0.717, 1.165) is 5.56 Å². The molecule has 8 nitrogen and oxygen atoms in total. The molecular weight excluding hydrogens is 377 g/mol. The van der Waals surface area contributed by atoms with Gasteiger partial charge in [0.05, 0.1) is 5.56 Å². The fraction of sp³-hybridized carbons (Fsp3) is 0.250. The molecule has 9 heteroatoms. The molecule has 150 valence electrons. The Bertz CT molecular complexity index is 1000. The van der Waals surface area contributed by atoms with Crippen molar-refractivity contribution in [1.82, 2.24) is 25.5 Å². The second kappa shape index (κ2) is 9.05. The number of tetrazole rings is 1. The van der Waals surface area contributed by atoms with Crippen molar-refractivity contribution in [3.8, 4) is 0 Å². The van der Waals surface area contributed by atoms with Crippen LogP contribution in [0.2, 0.25) is 0 Å². The molecule has 0 bridgehead atoms. The Hall–Kier alpha value is -3.62. The zero-order valence-electron chi connectivity index (χ0n) is 15.7. The van der Waals surface area contributed by atoms with E-state index in [2.05, 4.69) is 20.8 Å². The molecule has 1 amide bonds. The summed E-state index contributed by atoms with van der Waals surface area (Å²) in [5.41, 5.74) is 1.77. The molecule has 0 aliphatic rings. The van der Waals surface area contributed by atoms with Gasteiger partial charge in [0.2, 0.25) is 5.91 Å². The molecule has 0 saturated heterocycles. The molecule has 0 fully saturated rings. The van der Waals surface area contributed by atoms with Crippen LogP contribution in [0.25, 0.3) is 0 Å². The number of aryl methyl sites for hydroxylation is 1. The lowest BCUT2D eigenvalue weighted by molar-refractivity contribution is -0.124. The fourth-order valence-corrected chi connectivity index (χ4v) is 2.97. The zero-order valence-corrected chi connectivity index (χ0v) is 15.7. The molecular formula is C20H20FN5O3. The van der Waals surface area contributed by atoms with Crippen LogP contribution in [0.1, 0.15) is 33.4 Å². The number of carboxylic acids is 1.